The van der Waals surface area contributed by atoms with Gasteiger partial charge in [0.25, 0.3) is 0 Å². The summed E-state index contributed by atoms with van der Waals surface area (Å²) in [5.74, 6) is 0. The number of rotatable bonds is 6. The Balaban J connectivity index is 1.58. The van der Waals surface area contributed by atoms with Crippen molar-refractivity contribution in [2.75, 3.05) is 0 Å². The first-order valence-electron chi connectivity index (χ1n) is 7.74. The molecule has 0 saturated heterocycles. The van der Waals surface area contributed by atoms with Crippen LogP contribution in [0.3, 0.4) is 0 Å². The number of carbonyl (C=O) groups excluding carboxylic acids is 2. The molecule has 1 amide bonds. The van der Waals surface area contributed by atoms with Gasteiger partial charge in [0.2, 0.25) is 0 Å². The molecule has 0 aliphatic carbocycles. The van der Waals surface area contributed by atoms with Crippen LogP contribution in [0, 0.1) is 0 Å². The molecule has 2 N–H and O–H groups in total. The van der Waals surface area contributed by atoms with Crippen molar-refractivity contribution in [1.29, 1.82) is 0 Å². The van der Waals surface area contributed by atoms with E-state index in [1.165, 1.54) is 0 Å². The summed E-state index contributed by atoms with van der Waals surface area (Å²) in [5.41, 5.74) is 2.88. The molecule has 3 aromatic rings. The zero-order chi connectivity index (χ0) is 16.8. The lowest BCUT2D eigenvalue weighted by Gasteiger charge is -2.12. The number of nitrogens with one attached hydrogen (secondary N) is 2. The van der Waals surface area contributed by atoms with Crippen molar-refractivity contribution in [2.45, 2.75) is 19.1 Å². The average molecular weight is 322 g/mol. The summed E-state index contributed by atoms with van der Waals surface area (Å²) >= 11 is 0. The van der Waals surface area contributed by atoms with Crippen LogP contribution in [0.15, 0.2) is 60.8 Å². The van der Waals surface area contributed by atoms with E-state index in [9.17, 15) is 9.59 Å². The van der Waals surface area contributed by atoms with Gasteiger partial charge in [-0.05, 0) is 17.2 Å². The number of aromatic nitrogens is 1. The SMILES string of the molecule is O=CC(Cc1c[nH]c2ccccc12)NC(=O)OCc1ccccc1. The summed E-state index contributed by atoms with van der Waals surface area (Å²) in [5, 5.41) is 3.64. The molecule has 5 heteroatoms. The average Bonchev–Trinajstić information content (AvgIpc) is 3.03. The van der Waals surface area contributed by atoms with E-state index in [0.717, 1.165) is 28.3 Å². The number of para-hydroxylation sites is 1. The summed E-state index contributed by atoms with van der Waals surface area (Å²) < 4.78 is 5.15. The van der Waals surface area contributed by atoms with Gasteiger partial charge in [0.1, 0.15) is 12.9 Å². The zero-order valence-electron chi connectivity index (χ0n) is 13.1. The van der Waals surface area contributed by atoms with E-state index in [1.54, 1.807) is 0 Å². The highest BCUT2D eigenvalue weighted by Gasteiger charge is 2.15. The van der Waals surface area contributed by atoms with E-state index >= 15 is 0 Å². The van der Waals surface area contributed by atoms with Crippen LogP contribution >= 0.6 is 0 Å². The molecular formula is C19H18N2O3. The number of aldehydes is 1. The van der Waals surface area contributed by atoms with Gasteiger partial charge in [0, 0.05) is 23.5 Å². The van der Waals surface area contributed by atoms with Gasteiger partial charge in [-0.2, -0.15) is 0 Å². The van der Waals surface area contributed by atoms with Crippen LogP contribution in [0.5, 0.6) is 0 Å². The minimum absolute atomic E-state index is 0.172. The molecule has 0 bridgehead atoms. The first-order chi connectivity index (χ1) is 11.8. The normalized spacial score (nSPS) is 11.8. The highest BCUT2D eigenvalue weighted by atomic mass is 16.5. The predicted octanol–water partition coefficient (Wildman–Crippen LogP) is 3.20. The number of H-pyrrole nitrogens is 1. The fourth-order valence-corrected chi connectivity index (χ4v) is 2.59. The molecule has 1 aromatic heterocycles. The maximum atomic E-state index is 11.9. The van der Waals surface area contributed by atoms with Crippen molar-refractivity contribution < 1.29 is 14.3 Å². The van der Waals surface area contributed by atoms with Crippen LogP contribution < -0.4 is 5.32 Å². The van der Waals surface area contributed by atoms with Crippen LogP contribution in [0.2, 0.25) is 0 Å². The minimum atomic E-state index is -0.632. The lowest BCUT2D eigenvalue weighted by Crippen LogP contribution is -2.37. The summed E-state index contributed by atoms with van der Waals surface area (Å²) in [6.45, 7) is 0.172. The minimum Gasteiger partial charge on any atom is -0.445 e. The Morgan fingerprint density at radius 3 is 2.67 bits per heavy atom. The molecule has 0 fully saturated rings. The van der Waals surface area contributed by atoms with Crippen molar-refractivity contribution >= 4 is 23.3 Å². The van der Waals surface area contributed by atoms with Gasteiger partial charge in [0.05, 0.1) is 6.04 Å². The molecule has 0 saturated carbocycles. The summed E-state index contributed by atoms with van der Waals surface area (Å²) in [4.78, 5) is 26.3. The molecule has 0 aliphatic heterocycles. The van der Waals surface area contributed by atoms with E-state index < -0.39 is 12.1 Å². The zero-order valence-corrected chi connectivity index (χ0v) is 13.1. The highest BCUT2D eigenvalue weighted by Crippen LogP contribution is 2.18. The van der Waals surface area contributed by atoms with Crippen LogP contribution in [0.1, 0.15) is 11.1 Å². The van der Waals surface area contributed by atoms with E-state index in [-0.39, 0.29) is 6.61 Å². The van der Waals surface area contributed by atoms with Crippen LogP contribution in [0.25, 0.3) is 10.9 Å². The van der Waals surface area contributed by atoms with Crippen molar-refractivity contribution in [2.24, 2.45) is 0 Å². The monoisotopic (exact) mass is 322 g/mol. The largest absolute Gasteiger partial charge is 0.445 e. The number of alkyl carbamates (subject to hydrolysis) is 1. The summed E-state index contributed by atoms with van der Waals surface area (Å²) in [6, 6.07) is 16.6. The van der Waals surface area contributed by atoms with Gasteiger partial charge in [-0.1, -0.05) is 48.5 Å². The van der Waals surface area contributed by atoms with Crippen molar-refractivity contribution in [3.63, 3.8) is 0 Å². The highest BCUT2D eigenvalue weighted by molar-refractivity contribution is 5.84. The molecule has 24 heavy (non-hydrogen) atoms. The molecule has 122 valence electrons. The maximum absolute atomic E-state index is 11.9. The van der Waals surface area contributed by atoms with Gasteiger partial charge in [-0.15, -0.1) is 0 Å². The molecule has 3 rings (SSSR count). The maximum Gasteiger partial charge on any atom is 0.408 e. The lowest BCUT2D eigenvalue weighted by molar-refractivity contribution is -0.109. The number of fused-ring (bicyclic) bond motifs is 1. The van der Waals surface area contributed by atoms with E-state index in [0.29, 0.717) is 6.42 Å². The Bertz CT molecular complexity index is 827. The first kappa shape index (κ1) is 15.8. The predicted molar refractivity (Wildman–Crippen MR) is 91.6 cm³/mol. The van der Waals surface area contributed by atoms with Gasteiger partial charge < -0.3 is 19.8 Å². The molecule has 5 nitrogen and oxygen atoms in total. The third-order valence-corrected chi connectivity index (χ3v) is 3.80. The van der Waals surface area contributed by atoms with Gasteiger partial charge in [-0.3, -0.25) is 0 Å². The number of carbonyl (C=O) groups is 2. The number of hydrogen-bond acceptors (Lipinski definition) is 3. The molecule has 1 unspecified atom stereocenters. The fraction of sp³-hybridized carbons (Fsp3) is 0.158. The first-order valence-corrected chi connectivity index (χ1v) is 7.74. The molecule has 1 heterocycles. The Kier molecular flexibility index (Phi) is 4.91. The van der Waals surface area contributed by atoms with Crippen LogP contribution in [-0.4, -0.2) is 23.4 Å². The standard InChI is InChI=1S/C19H18N2O3/c22-12-16(10-15-11-20-18-9-5-4-8-17(15)18)21-19(23)24-13-14-6-2-1-3-7-14/h1-9,11-12,16,20H,10,13H2,(H,21,23). The van der Waals surface area contributed by atoms with Gasteiger partial charge >= 0.3 is 6.09 Å². The number of hydrogen-bond donors (Lipinski definition) is 2. The summed E-state index contributed by atoms with van der Waals surface area (Å²) in [6.07, 6.45) is 2.40. The number of benzene rings is 2. The van der Waals surface area contributed by atoms with Crippen molar-refractivity contribution in [3.8, 4) is 0 Å². The summed E-state index contributed by atoms with van der Waals surface area (Å²) in [7, 11) is 0. The van der Waals surface area contributed by atoms with Gasteiger partial charge in [0.15, 0.2) is 0 Å². The Morgan fingerprint density at radius 1 is 1.12 bits per heavy atom. The second-order valence-corrected chi connectivity index (χ2v) is 5.51. The molecule has 2 aromatic carbocycles. The van der Waals surface area contributed by atoms with Crippen molar-refractivity contribution in [1.82, 2.24) is 10.3 Å². The quantitative estimate of drug-likeness (QED) is 0.685. The van der Waals surface area contributed by atoms with E-state index in [4.69, 9.17) is 4.74 Å². The Labute approximate surface area is 139 Å². The molecule has 0 radical (unpaired) electrons. The smallest absolute Gasteiger partial charge is 0.408 e. The second-order valence-electron chi connectivity index (χ2n) is 5.51. The van der Waals surface area contributed by atoms with Gasteiger partial charge in [-0.25, -0.2) is 4.79 Å². The van der Waals surface area contributed by atoms with E-state index in [1.807, 2.05) is 60.8 Å². The molecule has 0 aliphatic rings. The Morgan fingerprint density at radius 2 is 1.88 bits per heavy atom. The number of ether oxygens (including phenoxy) is 1. The second kappa shape index (κ2) is 7.46. The number of amides is 1. The lowest BCUT2D eigenvalue weighted by atomic mass is 10.1. The molecule has 1 atom stereocenters. The molecule has 0 spiro atoms. The third-order valence-electron chi connectivity index (χ3n) is 3.80. The fourth-order valence-electron chi connectivity index (χ4n) is 2.59. The van der Waals surface area contributed by atoms with Crippen molar-refractivity contribution in [3.05, 3.63) is 71.9 Å². The van der Waals surface area contributed by atoms with Crippen LogP contribution in [-0.2, 0) is 22.6 Å². The Hall–Kier alpha value is -3.08. The van der Waals surface area contributed by atoms with E-state index in [2.05, 4.69) is 10.3 Å². The molecular weight excluding hydrogens is 304 g/mol. The van der Waals surface area contributed by atoms with Crippen LogP contribution in [0.4, 0.5) is 4.79 Å². The number of aromatic amines is 1. The topological polar surface area (TPSA) is 71.2 Å². The third kappa shape index (κ3) is 3.81.